The predicted molar refractivity (Wildman–Crippen MR) is 80.5 cm³/mol. The molecule has 2 unspecified atom stereocenters. The second-order valence-corrected chi connectivity index (χ2v) is 6.58. The zero-order valence-electron chi connectivity index (χ0n) is 12.9. The molecule has 2 fully saturated rings. The van der Waals surface area contributed by atoms with Crippen molar-refractivity contribution in [2.45, 2.75) is 64.5 Å². The molecule has 0 spiro atoms. The average molecular weight is 268 g/mol. The monoisotopic (exact) mass is 268 g/mol. The first kappa shape index (κ1) is 15.3. The molecule has 2 aliphatic heterocycles. The second kappa shape index (κ2) is 8.23. The lowest BCUT2D eigenvalue weighted by molar-refractivity contribution is 0.0944. The van der Waals surface area contributed by atoms with Gasteiger partial charge in [-0.3, -0.25) is 0 Å². The maximum Gasteiger partial charge on any atom is 0.0576 e. The standard InChI is InChI=1S/C16H32N2O/c1-14(2)18(13-15-6-3-9-17-12-15)10-4-7-16-8-5-11-19-16/h14-17H,3-13H2,1-2H3. The Morgan fingerprint density at radius 3 is 2.79 bits per heavy atom. The quantitative estimate of drug-likeness (QED) is 0.768. The molecule has 0 bridgehead atoms. The molecule has 0 radical (unpaired) electrons. The normalized spacial score (nSPS) is 28.4. The molecular weight excluding hydrogens is 236 g/mol. The summed E-state index contributed by atoms with van der Waals surface area (Å²) in [5.74, 6) is 0.860. The van der Waals surface area contributed by atoms with Gasteiger partial charge in [0.15, 0.2) is 0 Å². The summed E-state index contributed by atoms with van der Waals surface area (Å²) < 4.78 is 5.72. The van der Waals surface area contributed by atoms with Gasteiger partial charge in [-0.1, -0.05) is 0 Å². The van der Waals surface area contributed by atoms with Crippen LogP contribution in [0.3, 0.4) is 0 Å². The Balaban J connectivity index is 1.66. The number of nitrogens with one attached hydrogen (secondary N) is 1. The fourth-order valence-corrected chi connectivity index (χ4v) is 3.37. The first-order valence-corrected chi connectivity index (χ1v) is 8.32. The summed E-state index contributed by atoms with van der Waals surface area (Å²) in [5, 5.41) is 3.53. The van der Waals surface area contributed by atoms with E-state index >= 15 is 0 Å². The third-order valence-corrected chi connectivity index (χ3v) is 4.62. The number of hydrogen-bond acceptors (Lipinski definition) is 3. The molecule has 0 amide bonds. The maximum atomic E-state index is 5.72. The molecule has 0 saturated carbocycles. The Morgan fingerprint density at radius 2 is 2.16 bits per heavy atom. The minimum Gasteiger partial charge on any atom is -0.378 e. The van der Waals surface area contributed by atoms with Gasteiger partial charge in [-0.25, -0.2) is 0 Å². The second-order valence-electron chi connectivity index (χ2n) is 6.58. The summed E-state index contributed by atoms with van der Waals surface area (Å²) in [6.07, 6.45) is 8.43. The maximum absolute atomic E-state index is 5.72. The summed E-state index contributed by atoms with van der Waals surface area (Å²) in [5.41, 5.74) is 0. The number of hydrogen-bond donors (Lipinski definition) is 1. The topological polar surface area (TPSA) is 24.5 Å². The van der Waals surface area contributed by atoms with E-state index in [1.807, 2.05) is 0 Å². The Bertz CT molecular complexity index is 233. The third kappa shape index (κ3) is 5.41. The highest BCUT2D eigenvalue weighted by atomic mass is 16.5. The lowest BCUT2D eigenvalue weighted by atomic mass is 9.98. The third-order valence-electron chi connectivity index (χ3n) is 4.62. The fourth-order valence-electron chi connectivity index (χ4n) is 3.37. The Morgan fingerprint density at radius 1 is 1.26 bits per heavy atom. The highest BCUT2D eigenvalue weighted by Gasteiger charge is 2.20. The Labute approximate surface area is 119 Å². The molecule has 0 aliphatic carbocycles. The number of nitrogens with zero attached hydrogens (tertiary/aromatic N) is 1. The van der Waals surface area contributed by atoms with Crippen molar-refractivity contribution in [1.29, 1.82) is 0 Å². The summed E-state index contributed by atoms with van der Waals surface area (Å²) in [6.45, 7) is 10.6. The molecule has 1 N–H and O–H groups in total. The van der Waals surface area contributed by atoms with Crippen LogP contribution < -0.4 is 5.32 Å². The van der Waals surface area contributed by atoms with Gasteiger partial charge in [0.05, 0.1) is 6.10 Å². The summed E-state index contributed by atoms with van der Waals surface area (Å²) in [7, 11) is 0. The van der Waals surface area contributed by atoms with Crippen LogP contribution in [0.4, 0.5) is 0 Å². The molecule has 3 heteroatoms. The SMILES string of the molecule is CC(C)N(CCCC1CCCO1)CC1CCCNC1. The van der Waals surface area contributed by atoms with Crippen molar-refractivity contribution in [2.75, 3.05) is 32.8 Å². The number of ether oxygens (including phenoxy) is 1. The zero-order valence-corrected chi connectivity index (χ0v) is 12.9. The van der Waals surface area contributed by atoms with Crippen molar-refractivity contribution in [3.63, 3.8) is 0 Å². The van der Waals surface area contributed by atoms with Crippen LogP contribution in [0.1, 0.15) is 52.4 Å². The first-order valence-electron chi connectivity index (χ1n) is 8.32. The van der Waals surface area contributed by atoms with Crippen LogP contribution in [-0.4, -0.2) is 49.8 Å². The highest BCUT2D eigenvalue weighted by Crippen LogP contribution is 2.18. The van der Waals surface area contributed by atoms with Crippen LogP contribution >= 0.6 is 0 Å². The van der Waals surface area contributed by atoms with Crippen LogP contribution in [-0.2, 0) is 4.74 Å². The molecule has 2 saturated heterocycles. The largest absolute Gasteiger partial charge is 0.378 e. The smallest absolute Gasteiger partial charge is 0.0576 e. The van der Waals surface area contributed by atoms with Crippen LogP contribution in [0.15, 0.2) is 0 Å². The van der Waals surface area contributed by atoms with E-state index in [4.69, 9.17) is 4.74 Å². The van der Waals surface area contributed by atoms with Crippen molar-refractivity contribution in [2.24, 2.45) is 5.92 Å². The number of piperidine rings is 1. The Hall–Kier alpha value is -0.120. The lowest BCUT2D eigenvalue weighted by Crippen LogP contribution is -2.41. The van der Waals surface area contributed by atoms with Gasteiger partial charge in [0.25, 0.3) is 0 Å². The van der Waals surface area contributed by atoms with Crippen LogP contribution in [0.5, 0.6) is 0 Å². The van der Waals surface area contributed by atoms with Crippen molar-refractivity contribution >= 4 is 0 Å². The van der Waals surface area contributed by atoms with E-state index in [1.54, 1.807) is 0 Å². The molecule has 2 atom stereocenters. The van der Waals surface area contributed by atoms with Crippen molar-refractivity contribution in [1.82, 2.24) is 10.2 Å². The van der Waals surface area contributed by atoms with E-state index < -0.39 is 0 Å². The van der Waals surface area contributed by atoms with Gasteiger partial charge in [0.2, 0.25) is 0 Å². The summed E-state index contributed by atoms with van der Waals surface area (Å²) in [4.78, 5) is 2.67. The first-order chi connectivity index (χ1) is 9.25. The molecule has 2 heterocycles. The molecular formula is C16H32N2O. The summed E-state index contributed by atoms with van der Waals surface area (Å²) >= 11 is 0. The predicted octanol–water partition coefficient (Wildman–Crippen LogP) is 2.66. The minimum absolute atomic E-state index is 0.561. The van der Waals surface area contributed by atoms with Gasteiger partial charge in [-0.15, -0.1) is 0 Å². The van der Waals surface area contributed by atoms with Gasteiger partial charge in [0.1, 0.15) is 0 Å². The van der Waals surface area contributed by atoms with Crippen molar-refractivity contribution in [3.8, 4) is 0 Å². The molecule has 0 aromatic rings. The zero-order chi connectivity index (χ0) is 13.5. The Kier molecular flexibility index (Phi) is 6.62. The molecule has 2 aliphatic rings. The van der Waals surface area contributed by atoms with E-state index in [0.717, 1.165) is 12.5 Å². The van der Waals surface area contributed by atoms with Gasteiger partial charge < -0.3 is 15.0 Å². The average Bonchev–Trinajstić information content (AvgIpc) is 2.92. The fraction of sp³-hybridized carbons (Fsp3) is 1.00. The van der Waals surface area contributed by atoms with E-state index in [-0.39, 0.29) is 0 Å². The van der Waals surface area contributed by atoms with Crippen LogP contribution in [0, 0.1) is 5.92 Å². The van der Waals surface area contributed by atoms with E-state index in [9.17, 15) is 0 Å². The van der Waals surface area contributed by atoms with Crippen LogP contribution in [0.25, 0.3) is 0 Å². The van der Waals surface area contributed by atoms with Crippen molar-refractivity contribution < 1.29 is 4.74 Å². The van der Waals surface area contributed by atoms with E-state index in [1.165, 1.54) is 64.7 Å². The molecule has 2 rings (SSSR count). The van der Waals surface area contributed by atoms with Gasteiger partial charge in [-0.05, 0) is 77.9 Å². The van der Waals surface area contributed by atoms with Crippen LogP contribution in [0.2, 0.25) is 0 Å². The van der Waals surface area contributed by atoms with E-state index in [0.29, 0.717) is 12.1 Å². The molecule has 3 nitrogen and oxygen atoms in total. The molecule has 112 valence electrons. The molecule has 0 aromatic heterocycles. The van der Waals surface area contributed by atoms with Crippen molar-refractivity contribution in [3.05, 3.63) is 0 Å². The minimum atomic E-state index is 0.561. The summed E-state index contributed by atoms with van der Waals surface area (Å²) in [6, 6.07) is 0.673. The van der Waals surface area contributed by atoms with Gasteiger partial charge >= 0.3 is 0 Å². The van der Waals surface area contributed by atoms with E-state index in [2.05, 4.69) is 24.1 Å². The van der Waals surface area contributed by atoms with Gasteiger partial charge in [-0.2, -0.15) is 0 Å². The highest BCUT2D eigenvalue weighted by molar-refractivity contribution is 4.75. The lowest BCUT2D eigenvalue weighted by Gasteiger charge is -2.33. The van der Waals surface area contributed by atoms with Gasteiger partial charge in [0, 0.05) is 19.2 Å². The number of rotatable bonds is 7. The molecule has 0 aromatic carbocycles. The molecule has 19 heavy (non-hydrogen) atoms.